The number of nitrogens with one attached hydrogen (secondary N) is 1. The van der Waals surface area contributed by atoms with Crippen LogP contribution in [0.3, 0.4) is 0 Å². The summed E-state index contributed by atoms with van der Waals surface area (Å²) in [6.45, 7) is 4.02. The number of ether oxygens (including phenoxy) is 2. The Kier molecular flexibility index (Phi) is 4.58. The van der Waals surface area contributed by atoms with Gasteiger partial charge in [-0.15, -0.1) is 0 Å². The van der Waals surface area contributed by atoms with E-state index in [0.717, 1.165) is 16.8 Å². The highest BCUT2D eigenvalue weighted by Gasteiger charge is 2.24. The van der Waals surface area contributed by atoms with Gasteiger partial charge in [-0.25, -0.2) is 0 Å². The van der Waals surface area contributed by atoms with E-state index in [1.165, 1.54) is 0 Å². The molecule has 4 nitrogen and oxygen atoms in total. The highest BCUT2D eigenvalue weighted by Crippen LogP contribution is 2.36. The van der Waals surface area contributed by atoms with Crippen molar-refractivity contribution in [1.82, 2.24) is 0 Å². The van der Waals surface area contributed by atoms with Crippen LogP contribution in [0.5, 0.6) is 11.5 Å². The van der Waals surface area contributed by atoms with Crippen LogP contribution in [0.4, 0.5) is 5.69 Å². The molecule has 122 valence electrons. The molecule has 0 bridgehead atoms. The van der Waals surface area contributed by atoms with Gasteiger partial charge in [0.05, 0.1) is 12.8 Å². The number of amides is 1. The van der Waals surface area contributed by atoms with Crippen LogP contribution in [0, 0.1) is 0 Å². The number of carbonyl (C=O) groups is 1. The number of anilines is 1. The molecule has 0 saturated heterocycles. The maximum atomic E-state index is 12.2. The first-order chi connectivity index (χ1) is 11.6. The zero-order valence-corrected chi connectivity index (χ0v) is 13.9. The first-order valence-electron chi connectivity index (χ1n) is 7.37. The van der Waals surface area contributed by atoms with Gasteiger partial charge in [0.15, 0.2) is 11.5 Å². The zero-order valence-electron chi connectivity index (χ0n) is 13.1. The third-order valence-electron chi connectivity index (χ3n) is 3.62. The van der Waals surface area contributed by atoms with Crippen molar-refractivity contribution in [2.75, 3.05) is 19.0 Å². The molecule has 0 atom stereocenters. The monoisotopic (exact) mass is 341 g/mol. The number of hydrogen-bond donors (Lipinski definition) is 1. The molecule has 5 heteroatoms. The number of hydrogen-bond acceptors (Lipinski definition) is 3. The predicted molar refractivity (Wildman–Crippen MR) is 96.6 cm³/mol. The summed E-state index contributed by atoms with van der Waals surface area (Å²) >= 11 is 5.97. The van der Waals surface area contributed by atoms with Crippen molar-refractivity contribution in [3.05, 3.63) is 65.2 Å². The van der Waals surface area contributed by atoms with Crippen LogP contribution in [0.15, 0.2) is 49.1 Å². The number of fused-ring (bicyclic) bond motifs is 1. The highest BCUT2D eigenvalue weighted by atomic mass is 35.5. The maximum Gasteiger partial charge on any atom is 0.256 e. The lowest BCUT2D eigenvalue weighted by atomic mass is 10.0. The Morgan fingerprint density at radius 2 is 2.04 bits per heavy atom. The lowest BCUT2D eigenvalue weighted by molar-refractivity contribution is -0.110. The smallest absolute Gasteiger partial charge is 0.256 e. The first-order valence-corrected chi connectivity index (χ1v) is 7.75. The Morgan fingerprint density at radius 1 is 1.21 bits per heavy atom. The lowest BCUT2D eigenvalue weighted by Gasteiger charge is -2.10. The molecular formula is C19H16ClNO3. The van der Waals surface area contributed by atoms with Crippen LogP contribution in [-0.2, 0) is 4.79 Å². The molecule has 3 rings (SSSR count). The minimum atomic E-state index is -0.154. The van der Waals surface area contributed by atoms with E-state index in [1.54, 1.807) is 25.3 Å². The van der Waals surface area contributed by atoms with Gasteiger partial charge >= 0.3 is 0 Å². The topological polar surface area (TPSA) is 47.6 Å². The fraction of sp³-hybridized carbons (Fsp3) is 0.105. The van der Waals surface area contributed by atoms with E-state index in [1.807, 2.05) is 30.3 Å². The third kappa shape index (κ3) is 3.14. The van der Waals surface area contributed by atoms with Gasteiger partial charge in [0.25, 0.3) is 5.91 Å². The normalized spacial score (nSPS) is 14.2. The molecule has 2 aromatic rings. The van der Waals surface area contributed by atoms with Crippen LogP contribution < -0.4 is 14.8 Å². The molecular weight excluding hydrogens is 326 g/mol. The average molecular weight is 342 g/mol. The van der Waals surface area contributed by atoms with E-state index in [-0.39, 0.29) is 5.91 Å². The summed E-state index contributed by atoms with van der Waals surface area (Å²) in [7, 11) is 1.58. The van der Waals surface area contributed by atoms with Gasteiger partial charge in [0, 0.05) is 16.2 Å². The van der Waals surface area contributed by atoms with Crippen LogP contribution in [0.25, 0.3) is 11.6 Å². The lowest BCUT2D eigenvalue weighted by Crippen LogP contribution is -2.03. The molecule has 1 aliphatic heterocycles. The molecule has 1 N–H and O–H groups in total. The Balaban J connectivity index is 1.97. The van der Waals surface area contributed by atoms with E-state index in [0.29, 0.717) is 28.7 Å². The van der Waals surface area contributed by atoms with Gasteiger partial charge in [0.2, 0.25) is 0 Å². The molecule has 2 aromatic carbocycles. The fourth-order valence-electron chi connectivity index (χ4n) is 2.52. The molecule has 1 heterocycles. The number of carbonyl (C=O) groups excluding carboxylic acids is 1. The van der Waals surface area contributed by atoms with Crippen molar-refractivity contribution < 1.29 is 14.3 Å². The molecule has 0 fully saturated rings. The van der Waals surface area contributed by atoms with Crippen LogP contribution in [0.2, 0.25) is 5.02 Å². The minimum absolute atomic E-state index is 0.154. The first kappa shape index (κ1) is 16.1. The van der Waals surface area contributed by atoms with E-state index in [4.69, 9.17) is 21.1 Å². The second-order valence-corrected chi connectivity index (χ2v) is 5.65. The molecule has 0 saturated carbocycles. The fourth-order valence-corrected chi connectivity index (χ4v) is 2.69. The van der Waals surface area contributed by atoms with Gasteiger partial charge in [-0.3, -0.25) is 4.79 Å². The predicted octanol–water partition coefficient (Wildman–Crippen LogP) is 4.41. The molecule has 0 spiro atoms. The minimum Gasteiger partial charge on any atom is -0.493 e. The molecule has 0 radical (unpaired) electrons. The largest absolute Gasteiger partial charge is 0.493 e. The zero-order chi connectivity index (χ0) is 17.1. The SMILES string of the molecule is C=CCOc1ccc(/C=C2/C(=O)Nc3cc(Cl)ccc32)cc1OC. The summed E-state index contributed by atoms with van der Waals surface area (Å²) in [5.74, 6) is 1.07. The highest BCUT2D eigenvalue weighted by molar-refractivity contribution is 6.36. The number of benzene rings is 2. The summed E-state index contributed by atoms with van der Waals surface area (Å²) in [5, 5.41) is 3.40. The molecule has 24 heavy (non-hydrogen) atoms. The molecule has 0 unspecified atom stereocenters. The number of methoxy groups -OCH3 is 1. The Hall–Kier alpha value is -2.72. The maximum absolute atomic E-state index is 12.2. The molecule has 0 aromatic heterocycles. The van der Waals surface area contributed by atoms with Crippen molar-refractivity contribution in [3.63, 3.8) is 0 Å². The standard InChI is InChI=1S/C19H16ClNO3/c1-3-8-24-17-7-4-12(10-18(17)23-2)9-15-14-6-5-13(20)11-16(14)21-19(15)22/h3-7,9-11H,1,8H2,2H3,(H,21,22)/b15-9+. The summed E-state index contributed by atoms with van der Waals surface area (Å²) in [6.07, 6.45) is 3.48. The van der Waals surface area contributed by atoms with Crippen molar-refractivity contribution in [1.29, 1.82) is 0 Å². The van der Waals surface area contributed by atoms with Crippen molar-refractivity contribution in [2.24, 2.45) is 0 Å². The number of rotatable bonds is 5. The third-order valence-corrected chi connectivity index (χ3v) is 3.86. The van der Waals surface area contributed by atoms with Crippen LogP contribution in [0.1, 0.15) is 11.1 Å². The second-order valence-electron chi connectivity index (χ2n) is 5.21. The van der Waals surface area contributed by atoms with Crippen molar-refractivity contribution in [3.8, 4) is 11.5 Å². The van der Waals surface area contributed by atoms with Gasteiger partial charge in [-0.2, -0.15) is 0 Å². The Bertz CT molecular complexity index is 843. The summed E-state index contributed by atoms with van der Waals surface area (Å²) in [5.41, 5.74) is 2.97. The molecule has 1 amide bonds. The van der Waals surface area contributed by atoms with Gasteiger partial charge in [0.1, 0.15) is 6.61 Å². The molecule has 1 aliphatic rings. The van der Waals surface area contributed by atoms with Gasteiger partial charge < -0.3 is 14.8 Å². The molecule has 0 aliphatic carbocycles. The summed E-state index contributed by atoms with van der Waals surface area (Å²) < 4.78 is 10.9. The van der Waals surface area contributed by atoms with E-state index < -0.39 is 0 Å². The average Bonchev–Trinajstić information content (AvgIpc) is 2.88. The van der Waals surface area contributed by atoms with E-state index >= 15 is 0 Å². The van der Waals surface area contributed by atoms with Crippen LogP contribution >= 0.6 is 11.6 Å². The van der Waals surface area contributed by atoms with E-state index in [9.17, 15) is 4.79 Å². The second kappa shape index (κ2) is 6.81. The van der Waals surface area contributed by atoms with Crippen LogP contribution in [-0.4, -0.2) is 19.6 Å². The van der Waals surface area contributed by atoms with Crippen molar-refractivity contribution >= 4 is 34.8 Å². The quantitative estimate of drug-likeness (QED) is 0.647. The summed E-state index contributed by atoms with van der Waals surface area (Å²) in [4.78, 5) is 12.2. The Labute approximate surface area is 145 Å². The number of halogens is 1. The Morgan fingerprint density at radius 3 is 2.79 bits per heavy atom. The van der Waals surface area contributed by atoms with Gasteiger partial charge in [-0.05, 0) is 35.9 Å². The summed E-state index contributed by atoms with van der Waals surface area (Å²) in [6, 6.07) is 10.8. The van der Waals surface area contributed by atoms with Crippen molar-refractivity contribution in [2.45, 2.75) is 0 Å². The van der Waals surface area contributed by atoms with E-state index in [2.05, 4.69) is 11.9 Å². The van der Waals surface area contributed by atoms with Gasteiger partial charge in [-0.1, -0.05) is 36.4 Å².